The van der Waals surface area contributed by atoms with Gasteiger partial charge in [-0.15, -0.1) is 0 Å². The molecule has 0 radical (unpaired) electrons. The van der Waals surface area contributed by atoms with Crippen LogP contribution in [-0.2, 0) is 6.42 Å². The van der Waals surface area contributed by atoms with Crippen molar-refractivity contribution in [3.8, 4) is 0 Å². The van der Waals surface area contributed by atoms with E-state index < -0.39 is 0 Å². The maximum absolute atomic E-state index is 5.56. The molecule has 24 heavy (non-hydrogen) atoms. The molecule has 2 aromatic rings. The van der Waals surface area contributed by atoms with Crippen LogP contribution in [0.3, 0.4) is 0 Å². The molecule has 1 aromatic carbocycles. The Kier molecular flexibility index (Phi) is 5.46. The van der Waals surface area contributed by atoms with Crippen molar-refractivity contribution in [1.82, 2.24) is 10.3 Å². The molecule has 3 nitrogen and oxygen atoms in total. The second-order valence-electron chi connectivity index (χ2n) is 6.72. The van der Waals surface area contributed by atoms with E-state index in [2.05, 4.69) is 45.9 Å². The molecule has 0 saturated heterocycles. The summed E-state index contributed by atoms with van der Waals surface area (Å²) in [5.41, 5.74) is 2.50. The molecule has 126 valence electrons. The zero-order chi connectivity index (χ0) is 16.8. The summed E-state index contributed by atoms with van der Waals surface area (Å²) in [6, 6.07) is 16.6. The lowest BCUT2D eigenvalue weighted by Gasteiger charge is -2.32. The predicted molar refractivity (Wildman–Crippen MR) is 104 cm³/mol. The third-order valence-corrected chi connectivity index (χ3v) is 5.01. The zero-order valence-corrected chi connectivity index (χ0v) is 15.0. The highest BCUT2D eigenvalue weighted by atomic mass is 32.1. The number of thiocarbonyl (C=S) groups is 1. The molecule has 1 fully saturated rings. The number of hydrogen-bond acceptors (Lipinski definition) is 2. The van der Waals surface area contributed by atoms with E-state index in [1.807, 2.05) is 25.1 Å². The topological polar surface area (TPSA) is 37.0 Å². The molecule has 0 aliphatic heterocycles. The number of aromatic nitrogens is 1. The van der Waals surface area contributed by atoms with Crippen LogP contribution in [0.4, 0.5) is 5.82 Å². The second kappa shape index (κ2) is 7.75. The average molecular weight is 340 g/mol. The van der Waals surface area contributed by atoms with Crippen LogP contribution in [0.15, 0.2) is 48.5 Å². The molecule has 0 spiro atoms. The van der Waals surface area contributed by atoms with Gasteiger partial charge in [-0.25, -0.2) is 4.98 Å². The van der Waals surface area contributed by atoms with Crippen molar-refractivity contribution in [2.24, 2.45) is 0 Å². The van der Waals surface area contributed by atoms with Crippen LogP contribution in [0.5, 0.6) is 0 Å². The Hall–Kier alpha value is -1.94. The lowest BCUT2D eigenvalue weighted by Crippen LogP contribution is -2.48. The van der Waals surface area contributed by atoms with Gasteiger partial charge in [0, 0.05) is 11.2 Å². The molecule has 4 heteroatoms. The minimum atomic E-state index is 0.115. The third-order valence-electron chi connectivity index (χ3n) is 4.80. The number of anilines is 1. The highest BCUT2D eigenvalue weighted by Gasteiger charge is 2.34. The molecule has 0 unspecified atom stereocenters. The normalized spacial score (nSPS) is 15.9. The fourth-order valence-corrected chi connectivity index (χ4v) is 3.84. The van der Waals surface area contributed by atoms with Gasteiger partial charge in [-0.1, -0.05) is 49.2 Å². The van der Waals surface area contributed by atoms with E-state index in [0.29, 0.717) is 5.11 Å². The lowest BCUT2D eigenvalue weighted by atomic mass is 9.89. The van der Waals surface area contributed by atoms with Gasteiger partial charge >= 0.3 is 0 Å². The Bertz CT molecular complexity index is 678. The monoisotopic (exact) mass is 339 g/mol. The molecule has 2 N–H and O–H groups in total. The third kappa shape index (κ3) is 4.54. The maximum atomic E-state index is 5.56. The van der Waals surface area contributed by atoms with Crippen molar-refractivity contribution in [1.29, 1.82) is 0 Å². The van der Waals surface area contributed by atoms with Gasteiger partial charge in [-0.3, -0.25) is 0 Å². The lowest BCUT2D eigenvalue weighted by molar-refractivity contribution is 0.362. The van der Waals surface area contributed by atoms with Gasteiger partial charge < -0.3 is 10.6 Å². The number of pyridine rings is 1. The fraction of sp³-hybridized carbons (Fsp3) is 0.400. The van der Waals surface area contributed by atoms with Crippen molar-refractivity contribution >= 4 is 23.1 Å². The predicted octanol–water partition coefficient (Wildman–Crippen LogP) is 4.62. The molecule has 0 bridgehead atoms. The Balaban J connectivity index is 1.61. The minimum Gasteiger partial charge on any atom is -0.357 e. The first-order valence-corrected chi connectivity index (χ1v) is 9.13. The second-order valence-corrected chi connectivity index (χ2v) is 7.12. The fourth-order valence-electron chi connectivity index (χ4n) is 3.52. The Morgan fingerprint density at radius 3 is 2.54 bits per heavy atom. The van der Waals surface area contributed by atoms with E-state index in [9.17, 15) is 0 Å². The largest absolute Gasteiger partial charge is 0.357 e. The number of rotatable bonds is 5. The molecule has 1 aromatic heterocycles. The average Bonchev–Trinajstić information content (AvgIpc) is 3.02. The van der Waals surface area contributed by atoms with Crippen LogP contribution in [0.1, 0.15) is 43.4 Å². The van der Waals surface area contributed by atoms with Crippen molar-refractivity contribution in [3.63, 3.8) is 0 Å². The molecule has 1 aliphatic rings. The van der Waals surface area contributed by atoms with Crippen LogP contribution in [0.2, 0.25) is 0 Å². The van der Waals surface area contributed by atoms with Gasteiger partial charge in [0.1, 0.15) is 5.82 Å². The van der Waals surface area contributed by atoms with Crippen LogP contribution in [0.25, 0.3) is 0 Å². The minimum absolute atomic E-state index is 0.115. The summed E-state index contributed by atoms with van der Waals surface area (Å²) in [6.07, 6.45) is 7.10. The van der Waals surface area contributed by atoms with Gasteiger partial charge in [0.25, 0.3) is 0 Å². The molecular weight excluding hydrogens is 314 g/mol. The van der Waals surface area contributed by atoms with Crippen LogP contribution >= 0.6 is 12.2 Å². The number of nitrogens with one attached hydrogen (secondary N) is 2. The summed E-state index contributed by atoms with van der Waals surface area (Å²) < 4.78 is 0. The molecular formula is C20H25N3S. The molecule has 0 amide bonds. The zero-order valence-electron chi connectivity index (χ0n) is 14.2. The van der Waals surface area contributed by atoms with Crippen LogP contribution in [0, 0.1) is 6.92 Å². The van der Waals surface area contributed by atoms with Crippen molar-refractivity contribution in [2.75, 3.05) is 5.32 Å². The van der Waals surface area contributed by atoms with E-state index in [1.165, 1.54) is 31.2 Å². The van der Waals surface area contributed by atoms with Crippen molar-refractivity contribution in [2.45, 2.75) is 51.0 Å². The summed E-state index contributed by atoms with van der Waals surface area (Å²) in [7, 11) is 0. The van der Waals surface area contributed by atoms with Crippen LogP contribution in [-0.4, -0.2) is 15.6 Å². The summed E-state index contributed by atoms with van der Waals surface area (Å²) >= 11 is 5.56. The number of benzene rings is 1. The summed E-state index contributed by atoms with van der Waals surface area (Å²) in [5, 5.41) is 7.54. The van der Waals surface area contributed by atoms with Gasteiger partial charge in [0.15, 0.2) is 5.11 Å². The first kappa shape index (κ1) is 16.9. The Morgan fingerprint density at radius 2 is 1.83 bits per heavy atom. The molecule has 0 atom stereocenters. The first-order valence-electron chi connectivity index (χ1n) is 8.72. The van der Waals surface area contributed by atoms with Crippen molar-refractivity contribution in [3.05, 3.63) is 59.8 Å². The highest BCUT2D eigenvalue weighted by Crippen LogP contribution is 2.33. The number of aryl methyl sites for hydroxylation is 2. The van der Waals surface area contributed by atoms with Crippen molar-refractivity contribution < 1.29 is 0 Å². The van der Waals surface area contributed by atoms with E-state index in [-0.39, 0.29) is 5.54 Å². The van der Waals surface area contributed by atoms with E-state index in [4.69, 9.17) is 12.2 Å². The smallest absolute Gasteiger partial charge is 0.172 e. The SMILES string of the molecule is Cc1cccc(NC(=S)NC2(CCc3ccccc3)CCCC2)n1. The van der Waals surface area contributed by atoms with E-state index >= 15 is 0 Å². The quantitative estimate of drug-likeness (QED) is 0.779. The number of nitrogens with zero attached hydrogens (tertiary/aromatic N) is 1. The maximum Gasteiger partial charge on any atom is 0.172 e. The Labute approximate surface area is 149 Å². The standard InChI is InChI=1S/C20H25N3S/c1-16-8-7-11-18(21-16)22-19(24)23-20(13-5-6-14-20)15-12-17-9-3-2-4-10-17/h2-4,7-11H,5-6,12-15H2,1H3,(H2,21,22,23,24). The highest BCUT2D eigenvalue weighted by molar-refractivity contribution is 7.80. The summed E-state index contributed by atoms with van der Waals surface area (Å²) in [6.45, 7) is 1.99. The van der Waals surface area contributed by atoms with Crippen LogP contribution < -0.4 is 10.6 Å². The van der Waals surface area contributed by atoms with Gasteiger partial charge in [-0.2, -0.15) is 0 Å². The van der Waals surface area contributed by atoms with E-state index in [0.717, 1.165) is 24.4 Å². The molecule has 1 heterocycles. The summed E-state index contributed by atoms with van der Waals surface area (Å²) in [5.74, 6) is 0.809. The van der Waals surface area contributed by atoms with E-state index in [1.54, 1.807) is 0 Å². The van der Waals surface area contributed by atoms with Gasteiger partial charge in [0.2, 0.25) is 0 Å². The first-order chi connectivity index (χ1) is 11.7. The molecule has 3 rings (SSSR count). The number of hydrogen-bond donors (Lipinski definition) is 2. The van der Waals surface area contributed by atoms with Gasteiger partial charge in [-0.05, 0) is 62.5 Å². The molecule has 1 aliphatic carbocycles. The summed E-state index contributed by atoms with van der Waals surface area (Å²) in [4.78, 5) is 4.47. The Morgan fingerprint density at radius 1 is 1.08 bits per heavy atom. The molecule has 1 saturated carbocycles. The van der Waals surface area contributed by atoms with Gasteiger partial charge in [0.05, 0.1) is 0 Å².